The third kappa shape index (κ3) is 26.7. The highest BCUT2D eigenvalue weighted by Gasteiger charge is 2.11. The van der Waals surface area contributed by atoms with E-state index in [0.717, 1.165) is 29.8 Å². The molecule has 256 valence electrons. The molecular weight excluding hydrogens is 614 g/mol. The van der Waals surface area contributed by atoms with Crippen LogP contribution in [-0.2, 0) is 47.9 Å². The monoisotopic (exact) mass is 665 g/mol. The van der Waals surface area contributed by atoms with Crippen LogP contribution in [0.2, 0.25) is 0 Å². The van der Waals surface area contributed by atoms with Gasteiger partial charge < -0.3 is 13.9 Å². The maximum atomic E-state index is 11.2. The molecular formula is C38H51NO7S. The Kier molecular flexibility index (Phi) is 23.6. The van der Waals surface area contributed by atoms with Gasteiger partial charge in [0, 0.05) is 32.9 Å². The molecule has 1 unspecified atom stereocenters. The van der Waals surface area contributed by atoms with Crippen molar-refractivity contribution in [1.82, 2.24) is 4.90 Å². The maximum Gasteiger partial charge on any atom is 0.219 e. The molecule has 1 fully saturated rings. The highest BCUT2D eigenvalue weighted by molar-refractivity contribution is 7.81. The van der Waals surface area contributed by atoms with Gasteiger partial charge in [0.05, 0.1) is 0 Å². The Hall–Kier alpha value is -4.24. The molecule has 0 bridgehead atoms. The summed E-state index contributed by atoms with van der Waals surface area (Å²) in [6.45, 7) is 13.2. The smallest absolute Gasteiger partial charge is 0.219 e. The molecule has 1 atom stereocenters. The molecule has 1 heterocycles. The van der Waals surface area contributed by atoms with E-state index in [1.807, 2.05) is 84.6 Å². The van der Waals surface area contributed by atoms with Crippen molar-refractivity contribution in [1.29, 1.82) is 0 Å². The zero-order valence-electron chi connectivity index (χ0n) is 29.0. The Labute approximate surface area is 283 Å². The van der Waals surface area contributed by atoms with Gasteiger partial charge in [-0.2, -0.15) is 0 Å². The molecule has 1 aliphatic heterocycles. The number of likely N-dealkylation sites (tertiary alicyclic amines) is 1. The summed E-state index contributed by atoms with van der Waals surface area (Å²) in [7, 11) is 0. The van der Waals surface area contributed by atoms with Crippen molar-refractivity contribution in [2.45, 2.75) is 80.6 Å². The summed E-state index contributed by atoms with van der Waals surface area (Å²) in [4.78, 5) is 53.9. The lowest BCUT2D eigenvalue weighted by atomic mass is 10.1. The van der Waals surface area contributed by atoms with E-state index in [-0.39, 0.29) is 34.8 Å². The average Bonchev–Trinajstić information content (AvgIpc) is 2.99. The Bertz CT molecular complexity index is 1310. The van der Waals surface area contributed by atoms with Crippen LogP contribution in [0.15, 0.2) is 84.9 Å². The molecule has 47 heavy (non-hydrogen) atoms. The summed E-state index contributed by atoms with van der Waals surface area (Å²) in [6, 6.07) is 26.7. The predicted molar refractivity (Wildman–Crippen MR) is 190 cm³/mol. The van der Waals surface area contributed by atoms with Crippen molar-refractivity contribution in [3.8, 4) is 5.75 Å². The van der Waals surface area contributed by atoms with Gasteiger partial charge in [-0.15, -0.1) is 0 Å². The fourth-order valence-electron chi connectivity index (χ4n) is 3.87. The van der Waals surface area contributed by atoms with Gasteiger partial charge in [-0.05, 0) is 84.1 Å². The Morgan fingerprint density at radius 1 is 0.617 bits per heavy atom. The maximum absolute atomic E-state index is 11.2. The van der Waals surface area contributed by atoms with Crippen molar-refractivity contribution in [2.24, 2.45) is 0 Å². The lowest BCUT2D eigenvalue weighted by molar-refractivity contribution is -0.129. The first-order valence-electron chi connectivity index (χ1n) is 15.6. The third-order valence-corrected chi connectivity index (χ3v) is 6.95. The van der Waals surface area contributed by atoms with Crippen molar-refractivity contribution in [3.63, 3.8) is 0 Å². The van der Waals surface area contributed by atoms with Crippen LogP contribution in [-0.4, -0.2) is 57.0 Å². The van der Waals surface area contributed by atoms with Crippen LogP contribution in [0.25, 0.3) is 0 Å². The van der Waals surface area contributed by atoms with Crippen molar-refractivity contribution >= 4 is 40.1 Å². The van der Waals surface area contributed by atoms with E-state index in [0.29, 0.717) is 18.6 Å². The fraction of sp³-hybridized carbons (Fsp3) is 0.395. The Balaban J connectivity index is 0.000000585. The van der Waals surface area contributed by atoms with Gasteiger partial charge in [0.25, 0.3) is 0 Å². The second-order valence-electron chi connectivity index (χ2n) is 11.3. The number of piperidine rings is 1. The SMILES string of the molecule is CC(=O)CS(=O)Oc1ccc(C)cc1.CC(=O)Cc1ccccc1.CC(=O)Cc1ccccc1.CC(=O)N1CCCCC1.CC(C)=O. The van der Waals surface area contributed by atoms with Gasteiger partial charge in [0.15, 0.2) is 0 Å². The Morgan fingerprint density at radius 3 is 1.34 bits per heavy atom. The number of carbonyl (C=O) groups is 5. The predicted octanol–water partition coefficient (Wildman–Crippen LogP) is 6.88. The van der Waals surface area contributed by atoms with Gasteiger partial charge in [-0.3, -0.25) is 19.2 Å². The van der Waals surface area contributed by atoms with E-state index in [4.69, 9.17) is 4.18 Å². The summed E-state index contributed by atoms with van der Waals surface area (Å²) < 4.78 is 16.2. The first kappa shape index (κ1) is 42.8. The first-order chi connectivity index (χ1) is 22.2. The first-order valence-corrected chi connectivity index (χ1v) is 16.9. The van der Waals surface area contributed by atoms with Crippen LogP contribution in [0.4, 0.5) is 0 Å². The fourth-order valence-corrected chi connectivity index (χ4v) is 4.59. The van der Waals surface area contributed by atoms with Crippen molar-refractivity contribution < 1.29 is 32.4 Å². The van der Waals surface area contributed by atoms with Crippen molar-refractivity contribution in [3.05, 3.63) is 102 Å². The number of carbonyl (C=O) groups excluding carboxylic acids is 5. The summed E-state index contributed by atoms with van der Waals surface area (Å²) in [5.41, 5.74) is 3.29. The van der Waals surface area contributed by atoms with Crippen LogP contribution in [0.5, 0.6) is 5.75 Å². The number of Topliss-reactive ketones (excluding diaryl/α,β-unsaturated/α-hetero) is 4. The van der Waals surface area contributed by atoms with Crippen LogP contribution in [0.3, 0.4) is 0 Å². The van der Waals surface area contributed by atoms with E-state index in [2.05, 4.69) is 0 Å². The third-order valence-electron chi connectivity index (χ3n) is 5.92. The molecule has 1 amide bonds. The van der Waals surface area contributed by atoms with Crippen LogP contribution >= 0.6 is 0 Å². The molecule has 1 aliphatic rings. The second kappa shape index (κ2) is 25.9. The molecule has 0 spiro atoms. The quantitative estimate of drug-likeness (QED) is 0.258. The molecule has 1 saturated heterocycles. The number of benzene rings is 3. The van der Waals surface area contributed by atoms with Gasteiger partial charge in [-0.1, -0.05) is 78.4 Å². The van der Waals surface area contributed by atoms with Gasteiger partial charge >= 0.3 is 0 Å². The highest BCUT2D eigenvalue weighted by atomic mass is 32.2. The van der Waals surface area contributed by atoms with E-state index in [1.54, 1.807) is 32.9 Å². The normalized spacial score (nSPS) is 11.9. The van der Waals surface area contributed by atoms with Crippen LogP contribution in [0, 0.1) is 6.92 Å². The summed E-state index contributed by atoms with van der Waals surface area (Å²) in [5, 5.41) is 0. The summed E-state index contributed by atoms with van der Waals surface area (Å²) in [6.07, 6.45) is 4.80. The minimum atomic E-state index is -1.56. The molecule has 9 heteroatoms. The van der Waals surface area contributed by atoms with Gasteiger partial charge in [0.2, 0.25) is 17.0 Å². The molecule has 0 saturated carbocycles. The molecule has 0 N–H and O–H groups in total. The number of hydrogen-bond donors (Lipinski definition) is 0. The number of ketones is 4. The molecule has 4 rings (SSSR count). The van der Waals surface area contributed by atoms with E-state index < -0.39 is 11.1 Å². The van der Waals surface area contributed by atoms with Gasteiger partial charge in [0.1, 0.15) is 34.6 Å². The largest absolute Gasteiger partial charge is 0.400 e. The van der Waals surface area contributed by atoms with E-state index in [1.165, 1.54) is 40.0 Å². The topological polar surface area (TPSA) is 115 Å². The lowest BCUT2D eigenvalue weighted by Gasteiger charge is -2.24. The highest BCUT2D eigenvalue weighted by Crippen LogP contribution is 2.12. The van der Waals surface area contributed by atoms with Crippen LogP contribution < -0.4 is 4.18 Å². The zero-order valence-corrected chi connectivity index (χ0v) is 29.8. The minimum Gasteiger partial charge on any atom is -0.400 e. The number of amides is 1. The minimum absolute atomic E-state index is 0.0616. The van der Waals surface area contributed by atoms with Crippen molar-refractivity contribution in [2.75, 3.05) is 18.8 Å². The van der Waals surface area contributed by atoms with Gasteiger partial charge in [-0.25, -0.2) is 4.21 Å². The molecule has 0 radical (unpaired) electrons. The number of hydrogen-bond acceptors (Lipinski definition) is 7. The Morgan fingerprint density at radius 2 is 1.02 bits per heavy atom. The average molecular weight is 666 g/mol. The second-order valence-corrected chi connectivity index (χ2v) is 12.3. The summed E-state index contributed by atoms with van der Waals surface area (Å²) in [5.74, 6) is 1.14. The molecule has 0 aromatic heterocycles. The number of rotatable bonds is 8. The lowest BCUT2D eigenvalue weighted by Crippen LogP contribution is -2.33. The van der Waals surface area contributed by atoms with E-state index >= 15 is 0 Å². The molecule has 3 aromatic carbocycles. The summed E-state index contributed by atoms with van der Waals surface area (Å²) >= 11 is -1.56. The zero-order chi connectivity index (χ0) is 35.6. The standard InChI is InChI=1S/C10H12O3S.2C9H10O.C7H13NO.C3H6O/c1-8-3-5-10(6-4-8)13-14(12)7-9(2)11;2*1-8(10)7-9-5-3-2-4-6-9;1-7(9)8-5-3-2-4-6-8;1-3(2)4/h3-6H,7H2,1-2H3;2*2-6H,7H2,1H3;2-6H2,1H3;1-2H3. The molecule has 8 nitrogen and oxygen atoms in total. The van der Waals surface area contributed by atoms with Crippen LogP contribution in [0.1, 0.15) is 77.5 Å². The molecule has 3 aromatic rings. The number of nitrogens with zero attached hydrogens (tertiary/aromatic N) is 1. The van der Waals surface area contributed by atoms with E-state index in [9.17, 15) is 28.2 Å². The number of aryl methyl sites for hydroxylation is 1. The molecule has 0 aliphatic carbocycles.